The van der Waals surface area contributed by atoms with E-state index in [9.17, 15) is 4.79 Å². The Labute approximate surface area is 118 Å². The Kier molecular flexibility index (Phi) is 5.02. The van der Waals surface area contributed by atoms with E-state index >= 15 is 0 Å². The second-order valence-electron chi connectivity index (χ2n) is 7.34. The molecule has 0 bridgehead atoms. The lowest BCUT2D eigenvalue weighted by molar-refractivity contribution is -0.127. The van der Waals surface area contributed by atoms with Gasteiger partial charge in [0.25, 0.3) is 0 Å². The van der Waals surface area contributed by atoms with Crippen LogP contribution >= 0.6 is 0 Å². The third-order valence-corrected chi connectivity index (χ3v) is 4.83. The summed E-state index contributed by atoms with van der Waals surface area (Å²) >= 11 is 0. The molecule has 0 amide bonds. The topological polar surface area (TPSA) is 23.6 Å². The van der Waals surface area contributed by atoms with Crippen LogP contribution in [0.4, 0.5) is 0 Å². The highest BCUT2D eigenvalue weighted by Crippen LogP contribution is 2.36. The zero-order valence-corrected chi connectivity index (χ0v) is 13.0. The van der Waals surface area contributed by atoms with Crippen LogP contribution in [-0.4, -0.2) is 55.4 Å². The van der Waals surface area contributed by atoms with Gasteiger partial charge in [0, 0.05) is 32.0 Å². The summed E-state index contributed by atoms with van der Waals surface area (Å²) in [6.07, 6.45) is 5.65. The molecule has 2 fully saturated rings. The number of hydrogen-bond acceptors (Lipinski definition) is 3. The highest BCUT2D eigenvalue weighted by Gasteiger charge is 2.33. The van der Waals surface area contributed by atoms with Crippen LogP contribution < -0.4 is 0 Å². The van der Waals surface area contributed by atoms with Crippen molar-refractivity contribution in [2.75, 3.05) is 39.8 Å². The molecule has 1 aliphatic heterocycles. The lowest BCUT2D eigenvalue weighted by Gasteiger charge is -2.36. The first kappa shape index (κ1) is 15.0. The van der Waals surface area contributed by atoms with Crippen molar-refractivity contribution in [2.45, 2.75) is 46.0 Å². The first-order chi connectivity index (χ1) is 8.96. The van der Waals surface area contributed by atoms with Crippen LogP contribution in [-0.2, 0) is 4.79 Å². The van der Waals surface area contributed by atoms with Crippen LogP contribution in [0.2, 0.25) is 0 Å². The molecule has 2 aliphatic rings. The molecular formula is C16H30N2O. The Bertz CT molecular complexity index is 308. The molecule has 0 radical (unpaired) electrons. The number of carbonyl (C=O) groups excluding carboxylic acids is 1. The Hall–Kier alpha value is -0.410. The van der Waals surface area contributed by atoms with Gasteiger partial charge in [0.05, 0.1) is 0 Å². The van der Waals surface area contributed by atoms with E-state index in [1.54, 1.807) is 0 Å². The number of likely N-dealkylation sites (tertiary alicyclic amines) is 1. The van der Waals surface area contributed by atoms with Gasteiger partial charge >= 0.3 is 0 Å². The van der Waals surface area contributed by atoms with Gasteiger partial charge in [-0.1, -0.05) is 13.8 Å². The maximum Gasteiger partial charge on any atom is 0.137 e. The number of rotatable bonds is 5. The summed E-state index contributed by atoms with van der Waals surface area (Å²) in [6.45, 7) is 10.4. The van der Waals surface area contributed by atoms with Crippen LogP contribution in [0.3, 0.4) is 0 Å². The van der Waals surface area contributed by atoms with Gasteiger partial charge < -0.3 is 9.80 Å². The number of Topliss-reactive ketones (excluding diaryl/α,β-unsaturated/α-hetero) is 1. The molecule has 0 aromatic heterocycles. The Morgan fingerprint density at radius 3 is 2.68 bits per heavy atom. The summed E-state index contributed by atoms with van der Waals surface area (Å²) in [5.41, 5.74) is 0.356. The molecule has 0 N–H and O–H groups in total. The van der Waals surface area contributed by atoms with E-state index in [0.29, 0.717) is 11.2 Å². The maximum atomic E-state index is 12.0. The second kappa shape index (κ2) is 6.36. The minimum atomic E-state index is 0.271. The van der Waals surface area contributed by atoms with Gasteiger partial charge in [0.15, 0.2) is 0 Å². The predicted octanol–water partition coefficient (Wildman–Crippen LogP) is 2.41. The van der Waals surface area contributed by atoms with E-state index in [-0.39, 0.29) is 5.92 Å². The van der Waals surface area contributed by atoms with Crippen molar-refractivity contribution in [3.8, 4) is 0 Å². The van der Waals surface area contributed by atoms with Gasteiger partial charge in [0.1, 0.15) is 5.78 Å². The highest BCUT2D eigenvalue weighted by molar-refractivity contribution is 5.82. The number of hydrogen-bond donors (Lipinski definition) is 0. The monoisotopic (exact) mass is 266 g/mol. The van der Waals surface area contributed by atoms with E-state index in [2.05, 4.69) is 30.7 Å². The molecule has 3 heteroatoms. The fraction of sp³-hybridized carbons (Fsp3) is 0.938. The number of carbonyl (C=O) groups is 1. The van der Waals surface area contributed by atoms with Crippen LogP contribution in [0.25, 0.3) is 0 Å². The largest absolute Gasteiger partial charge is 0.304 e. The van der Waals surface area contributed by atoms with Crippen LogP contribution in [0.5, 0.6) is 0 Å². The summed E-state index contributed by atoms with van der Waals surface area (Å²) in [6, 6.07) is 0. The number of nitrogens with zero attached hydrogens (tertiary/aromatic N) is 2. The van der Waals surface area contributed by atoms with E-state index in [1.807, 2.05) is 0 Å². The van der Waals surface area contributed by atoms with Crippen molar-refractivity contribution < 1.29 is 4.79 Å². The van der Waals surface area contributed by atoms with Gasteiger partial charge in [-0.2, -0.15) is 0 Å². The van der Waals surface area contributed by atoms with E-state index < -0.39 is 0 Å². The fourth-order valence-corrected chi connectivity index (χ4v) is 3.50. The predicted molar refractivity (Wildman–Crippen MR) is 79.3 cm³/mol. The third kappa shape index (κ3) is 4.57. The van der Waals surface area contributed by atoms with Crippen molar-refractivity contribution in [1.82, 2.24) is 9.80 Å². The van der Waals surface area contributed by atoms with E-state index in [1.165, 1.54) is 32.5 Å². The average Bonchev–Trinajstić information content (AvgIpc) is 2.84. The van der Waals surface area contributed by atoms with Gasteiger partial charge in [-0.15, -0.1) is 0 Å². The molecule has 0 spiro atoms. The molecule has 1 heterocycles. The van der Waals surface area contributed by atoms with E-state index in [4.69, 9.17) is 0 Å². The smallest absolute Gasteiger partial charge is 0.137 e. The van der Waals surface area contributed by atoms with Gasteiger partial charge in [-0.25, -0.2) is 0 Å². The second-order valence-corrected chi connectivity index (χ2v) is 7.34. The molecule has 1 aliphatic carbocycles. The Morgan fingerprint density at radius 2 is 2.00 bits per heavy atom. The molecule has 19 heavy (non-hydrogen) atoms. The van der Waals surface area contributed by atoms with Crippen molar-refractivity contribution >= 4 is 5.78 Å². The van der Waals surface area contributed by atoms with Crippen molar-refractivity contribution in [2.24, 2.45) is 11.3 Å². The zero-order valence-electron chi connectivity index (χ0n) is 13.0. The molecule has 1 saturated carbocycles. The molecule has 110 valence electrons. The molecule has 1 unspecified atom stereocenters. The molecular weight excluding hydrogens is 236 g/mol. The lowest BCUT2D eigenvalue weighted by atomic mass is 9.71. The maximum absolute atomic E-state index is 12.0. The molecule has 1 atom stereocenters. The fourth-order valence-electron chi connectivity index (χ4n) is 3.50. The summed E-state index contributed by atoms with van der Waals surface area (Å²) in [5, 5.41) is 0. The molecule has 0 aromatic rings. The summed E-state index contributed by atoms with van der Waals surface area (Å²) in [5.74, 6) is 0.764. The standard InChI is InChI=1S/C16H30N2O/c1-16(2)7-6-15(19)14(12-16)13-17(3)10-11-18-8-4-5-9-18/h14H,4-13H2,1-3H3. The molecule has 1 saturated heterocycles. The van der Waals surface area contributed by atoms with Crippen molar-refractivity contribution in [3.63, 3.8) is 0 Å². The minimum absolute atomic E-state index is 0.271. The van der Waals surface area contributed by atoms with Crippen LogP contribution in [0.1, 0.15) is 46.0 Å². The summed E-state index contributed by atoms with van der Waals surface area (Å²) in [7, 11) is 2.17. The van der Waals surface area contributed by atoms with Gasteiger partial charge in [-0.05, 0) is 51.2 Å². The number of ketones is 1. The quantitative estimate of drug-likeness (QED) is 0.763. The average molecular weight is 266 g/mol. The first-order valence-corrected chi connectivity index (χ1v) is 7.90. The van der Waals surface area contributed by atoms with Crippen LogP contribution in [0, 0.1) is 11.3 Å². The minimum Gasteiger partial charge on any atom is -0.304 e. The van der Waals surface area contributed by atoms with Crippen molar-refractivity contribution in [1.29, 1.82) is 0 Å². The third-order valence-electron chi connectivity index (χ3n) is 4.83. The highest BCUT2D eigenvalue weighted by atomic mass is 16.1. The van der Waals surface area contributed by atoms with Crippen molar-refractivity contribution in [3.05, 3.63) is 0 Å². The number of likely N-dealkylation sites (N-methyl/N-ethyl adjacent to an activating group) is 1. The van der Waals surface area contributed by atoms with Gasteiger partial charge in [-0.3, -0.25) is 4.79 Å². The summed E-state index contributed by atoms with van der Waals surface area (Å²) < 4.78 is 0. The van der Waals surface area contributed by atoms with E-state index in [0.717, 1.165) is 32.4 Å². The SMILES string of the molecule is CN(CCN1CCCC1)CC1CC(C)(C)CCC1=O. The zero-order chi connectivity index (χ0) is 13.9. The van der Waals surface area contributed by atoms with Gasteiger partial charge in [0.2, 0.25) is 0 Å². The Morgan fingerprint density at radius 1 is 1.32 bits per heavy atom. The first-order valence-electron chi connectivity index (χ1n) is 7.90. The summed E-state index contributed by atoms with van der Waals surface area (Å²) in [4.78, 5) is 16.9. The molecule has 3 nitrogen and oxygen atoms in total. The normalized spacial score (nSPS) is 28.2. The molecule has 0 aromatic carbocycles. The lowest BCUT2D eigenvalue weighted by Crippen LogP contribution is -2.40. The molecule has 2 rings (SSSR count). The van der Waals surface area contributed by atoms with Crippen LogP contribution in [0.15, 0.2) is 0 Å². The Balaban J connectivity index is 1.73.